The van der Waals surface area contributed by atoms with Gasteiger partial charge in [0.25, 0.3) is 0 Å². The highest BCUT2D eigenvalue weighted by Crippen LogP contribution is 2.28. The fourth-order valence-electron chi connectivity index (χ4n) is 2.15. The van der Waals surface area contributed by atoms with Gasteiger partial charge in [-0.3, -0.25) is 4.21 Å². The predicted octanol–water partition coefficient (Wildman–Crippen LogP) is 1.90. The third-order valence-electron chi connectivity index (χ3n) is 2.95. The monoisotopic (exact) mass is 228 g/mol. The Labute approximate surface area is 92.3 Å². The molecule has 0 bridgehead atoms. The highest BCUT2D eigenvalue weighted by molar-refractivity contribution is 7.90. The van der Waals surface area contributed by atoms with Crippen LogP contribution in [0.5, 0.6) is 0 Å². The summed E-state index contributed by atoms with van der Waals surface area (Å²) in [7, 11) is -1.15. The van der Waals surface area contributed by atoms with Crippen LogP contribution in [0.4, 0.5) is 0 Å². The summed E-state index contributed by atoms with van der Waals surface area (Å²) >= 11 is 0. The van der Waals surface area contributed by atoms with Gasteiger partial charge in [0.15, 0.2) is 0 Å². The third kappa shape index (κ3) is 2.30. The Morgan fingerprint density at radius 1 is 1.33 bits per heavy atom. The molecule has 15 heavy (non-hydrogen) atoms. The molecule has 0 N–H and O–H groups in total. The molecule has 0 aromatic heterocycles. The number of rotatable bonds is 2. The first-order valence-corrected chi connectivity index (χ1v) is 6.73. The molecular formula is C11H16O3S. The zero-order chi connectivity index (χ0) is 10.8. The number of esters is 1. The minimum Gasteiger partial charge on any atom is -0.454 e. The van der Waals surface area contributed by atoms with Gasteiger partial charge in [0.2, 0.25) is 0 Å². The Hall–Kier alpha value is -0.640. The smallest absolute Gasteiger partial charge is 0.347 e. The third-order valence-corrected chi connectivity index (χ3v) is 4.77. The minimum absolute atomic E-state index is 0.169. The lowest BCUT2D eigenvalue weighted by atomic mass is 10.0. The molecule has 2 aliphatic rings. The zero-order valence-electron chi connectivity index (χ0n) is 8.90. The Kier molecular flexibility index (Phi) is 3.24. The second-order valence-electron chi connectivity index (χ2n) is 4.20. The normalized spacial score (nSPS) is 29.8. The molecule has 2 rings (SSSR count). The molecule has 0 aromatic carbocycles. The van der Waals surface area contributed by atoms with Gasteiger partial charge in [0.05, 0.1) is 10.8 Å². The van der Waals surface area contributed by atoms with Gasteiger partial charge < -0.3 is 4.74 Å². The molecule has 0 spiro atoms. The summed E-state index contributed by atoms with van der Waals surface area (Å²) in [5.41, 5.74) is 0. The van der Waals surface area contributed by atoms with E-state index in [0.29, 0.717) is 4.91 Å². The van der Waals surface area contributed by atoms with Crippen LogP contribution in [0.1, 0.15) is 39.0 Å². The van der Waals surface area contributed by atoms with Gasteiger partial charge in [0, 0.05) is 5.25 Å². The largest absolute Gasteiger partial charge is 0.454 e. The number of cyclic esters (lactones) is 1. The summed E-state index contributed by atoms with van der Waals surface area (Å²) in [5, 5.41) is 0.169. The van der Waals surface area contributed by atoms with Crippen molar-refractivity contribution < 1.29 is 13.7 Å². The van der Waals surface area contributed by atoms with E-state index in [9.17, 15) is 9.00 Å². The van der Waals surface area contributed by atoms with Crippen molar-refractivity contribution in [3.63, 3.8) is 0 Å². The van der Waals surface area contributed by atoms with E-state index >= 15 is 0 Å². The van der Waals surface area contributed by atoms with Gasteiger partial charge in [-0.15, -0.1) is 0 Å². The molecule has 1 heterocycles. The van der Waals surface area contributed by atoms with Crippen LogP contribution in [0.25, 0.3) is 0 Å². The van der Waals surface area contributed by atoms with E-state index in [2.05, 4.69) is 0 Å². The summed E-state index contributed by atoms with van der Waals surface area (Å²) in [6.07, 6.45) is 6.94. The molecule has 1 fully saturated rings. The Bertz CT molecular complexity index is 316. The summed E-state index contributed by atoms with van der Waals surface area (Å²) in [5.74, 6) is -0.383. The number of carbonyl (C=O) groups is 1. The van der Waals surface area contributed by atoms with Gasteiger partial charge in [-0.2, -0.15) is 0 Å². The molecule has 1 unspecified atom stereocenters. The lowest BCUT2D eigenvalue weighted by Gasteiger charge is -2.20. The molecule has 3 nitrogen and oxygen atoms in total. The molecule has 0 aromatic rings. The van der Waals surface area contributed by atoms with E-state index < -0.39 is 10.8 Å². The van der Waals surface area contributed by atoms with Crippen molar-refractivity contribution in [2.75, 3.05) is 0 Å². The quantitative estimate of drug-likeness (QED) is 0.678. The number of carbonyl (C=O) groups excluding carboxylic acids is 1. The fourth-order valence-corrected chi connectivity index (χ4v) is 3.81. The van der Waals surface area contributed by atoms with Gasteiger partial charge in [0.1, 0.15) is 11.0 Å². The molecule has 1 aliphatic carbocycles. The molecule has 0 saturated heterocycles. The molecule has 4 heteroatoms. The van der Waals surface area contributed by atoms with Gasteiger partial charge in [-0.1, -0.05) is 19.3 Å². The Morgan fingerprint density at radius 3 is 2.53 bits per heavy atom. The second kappa shape index (κ2) is 4.47. The van der Waals surface area contributed by atoms with Crippen LogP contribution in [0, 0.1) is 0 Å². The lowest BCUT2D eigenvalue weighted by Crippen LogP contribution is -2.21. The van der Waals surface area contributed by atoms with Crippen molar-refractivity contribution in [3.05, 3.63) is 11.0 Å². The maximum atomic E-state index is 12.1. The second-order valence-corrected chi connectivity index (χ2v) is 5.90. The lowest BCUT2D eigenvalue weighted by molar-refractivity contribution is -0.138. The molecule has 0 radical (unpaired) electrons. The molecule has 0 amide bonds. The SMILES string of the molecule is C[C@H]1C=C(S(=O)C2CCCCC2)C(=O)O1. The molecular weight excluding hydrogens is 212 g/mol. The maximum Gasteiger partial charge on any atom is 0.347 e. The number of ether oxygens (including phenoxy) is 1. The summed E-state index contributed by atoms with van der Waals surface area (Å²) in [6.45, 7) is 1.79. The Morgan fingerprint density at radius 2 is 2.00 bits per heavy atom. The molecule has 1 aliphatic heterocycles. The van der Waals surface area contributed by atoms with Crippen molar-refractivity contribution in [1.29, 1.82) is 0 Å². The van der Waals surface area contributed by atoms with Crippen molar-refractivity contribution in [3.8, 4) is 0 Å². The molecule has 84 valence electrons. The fraction of sp³-hybridized carbons (Fsp3) is 0.727. The summed E-state index contributed by atoms with van der Waals surface area (Å²) in [6, 6.07) is 0. The summed E-state index contributed by atoms with van der Waals surface area (Å²) in [4.78, 5) is 11.8. The number of hydrogen-bond acceptors (Lipinski definition) is 3. The van der Waals surface area contributed by atoms with Gasteiger partial charge >= 0.3 is 5.97 Å². The van der Waals surface area contributed by atoms with Crippen molar-refractivity contribution in [2.24, 2.45) is 0 Å². The molecule has 1 saturated carbocycles. The zero-order valence-corrected chi connectivity index (χ0v) is 9.72. The topological polar surface area (TPSA) is 43.4 Å². The van der Waals surface area contributed by atoms with Crippen LogP contribution in [-0.4, -0.2) is 21.5 Å². The van der Waals surface area contributed by atoms with Crippen LogP contribution in [0.2, 0.25) is 0 Å². The minimum atomic E-state index is -1.15. The van der Waals surface area contributed by atoms with E-state index in [-0.39, 0.29) is 17.3 Å². The van der Waals surface area contributed by atoms with Gasteiger partial charge in [-0.25, -0.2) is 4.79 Å². The highest BCUT2D eigenvalue weighted by atomic mass is 32.2. The van der Waals surface area contributed by atoms with Crippen molar-refractivity contribution in [2.45, 2.75) is 50.4 Å². The number of hydrogen-bond donors (Lipinski definition) is 0. The van der Waals surface area contributed by atoms with Gasteiger partial charge in [-0.05, 0) is 25.8 Å². The van der Waals surface area contributed by atoms with E-state index in [4.69, 9.17) is 4.74 Å². The molecule has 2 atom stereocenters. The van der Waals surface area contributed by atoms with E-state index in [0.717, 1.165) is 25.7 Å². The van der Waals surface area contributed by atoms with Crippen LogP contribution in [0.3, 0.4) is 0 Å². The average molecular weight is 228 g/mol. The van der Waals surface area contributed by atoms with E-state index in [1.807, 2.05) is 0 Å². The van der Waals surface area contributed by atoms with Crippen molar-refractivity contribution in [1.82, 2.24) is 0 Å². The standard InChI is InChI=1S/C11H16O3S/c1-8-7-10(11(12)14-8)15(13)9-5-3-2-4-6-9/h7-9H,2-6H2,1H3/t8-,15?/m0/s1. The maximum absolute atomic E-state index is 12.1. The van der Waals surface area contributed by atoms with Crippen LogP contribution in [0.15, 0.2) is 11.0 Å². The van der Waals surface area contributed by atoms with Crippen LogP contribution < -0.4 is 0 Å². The first-order valence-electron chi connectivity index (χ1n) is 5.52. The first kappa shape index (κ1) is 10.9. The first-order chi connectivity index (χ1) is 7.18. The summed E-state index contributed by atoms with van der Waals surface area (Å²) < 4.78 is 17.1. The van der Waals surface area contributed by atoms with Crippen LogP contribution >= 0.6 is 0 Å². The van der Waals surface area contributed by atoms with Crippen LogP contribution in [-0.2, 0) is 20.3 Å². The van der Waals surface area contributed by atoms with E-state index in [1.54, 1.807) is 13.0 Å². The Balaban J connectivity index is 2.06. The van der Waals surface area contributed by atoms with E-state index in [1.165, 1.54) is 6.42 Å². The predicted molar refractivity (Wildman–Crippen MR) is 58.7 cm³/mol. The van der Waals surface area contributed by atoms with Crippen molar-refractivity contribution >= 4 is 16.8 Å². The highest BCUT2D eigenvalue weighted by Gasteiger charge is 2.32. The average Bonchev–Trinajstić information content (AvgIpc) is 2.58.